The molecule has 0 saturated heterocycles. The molecule has 0 bridgehead atoms. The van der Waals surface area contributed by atoms with Crippen molar-refractivity contribution in [3.63, 3.8) is 0 Å². The zero-order valence-electron chi connectivity index (χ0n) is 14.2. The van der Waals surface area contributed by atoms with Crippen LogP contribution in [0.4, 0.5) is 5.69 Å². The molecule has 0 unspecified atom stereocenters. The molecule has 0 aliphatic carbocycles. The maximum atomic E-state index is 12.2. The average Bonchev–Trinajstić information content (AvgIpc) is 2.62. The fraction of sp³-hybridized carbons (Fsp3) is 0.0526. The van der Waals surface area contributed by atoms with Gasteiger partial charge in [0.1, 0.15) is 5.56 Å². The predicted octanol–water partition coefficient (Wildman–Crippen LogP) is 0.736. The van der Waals surface area contributed by atoms with Crippen LogP contribution in [0.3, 0.4) is 0 Å². The fourth-order valence-electron chi connectivity index (χ4n) is 2.62. The molecule has 8 nitrogen and oxygen atoms in total. The molecule has 8 heteroatoms. The van der Waals surface area contributed by atoms with Crippen LogP contribution in [0.2, 0.25) is 0 Å². The Hall–Kier alpha value is -3.94. The Morgan fingerprint density at radius 1 is 1.11 bits per heavy atom. The molecule has 136 valence electrons. The molecule has 1 aromatic heterocycles. The van der Waals surface area contributed by atoms with E-state index in [-0.39, 0.29) is 22.5 Å². The molecule has 1 heterocycles. The van der Waals surface area contributed by atoms with Crippen LogP contribution in [0.15, 0.2) is 69.2 Å². The highest BCUT2D eigenvalue weighted by molar-refractivity contribution is 6.02. The number of aliphatic imine (C=N–C) groups is 1. The number of benzene rings is 2. The maximum Gasteiger partial charge on any atom is 0.335 e. The lowest BCUT2D eigenvalue weighted by Crippen LogP contribution is -2.32. The number of H-pyrrole nitrogens is 1. The third kappa shape index (κ3) is 3.54. The molecule has 3 aromatic rings. The molecule has 0 aliphatic heterocycles. The minimum Gasteiger partial charge on any atom is -0.545 e. The first-order chi connectivity index (χ1) is 12.9. The second kappa shape index (κ2) is 7.12. The molecule has 0 amide bonds. The number of nitrogens with one attached hydrogen (secondary N) is 1. The minimum absolute atomic E-state index is 0.0727. The quantitative estimate of drug-likeness (QED) is 0.660. The summed E-state index contributed by atoms with van der Waals surface area (Å²) in [5.74, 6) is -1.92. The Morgan fingerprint density at radius 3 is 2.48 bits per heavy atom. The van der Waals surface area contributed by atoms with E-state index in [0.717, 1.165) is 4.57 Å². The van der Waals surface area contributed by atoms with Crippen molar-refractivity contribution >= 4 is 17.4 Å². The van der Waals surface area contributed by atoms with Crippen molar-refractivity contribution in [2.45, 2.75) is 6.92 Å². The summed E-state index contributed by atoms with van der Waals surface area (Å²) in [6.45, 7) is 1.47. The van der Waals surface area contributed by atoms with Crippen LogP contribution in [0.25, 0.3) is 5.69 Å². The van der Waals surface area contributed by atoms with Gasteiger partial charge >= 0.3 is 5.69 Å². The number of aromatic amines is 1. The number of hydrogen-bond donors (Lipinski definition) is 2. The number of carboxylic acids is 1. The second-order valence-corrected chi connectivity index (χ2v) is 5.66. The molecule has 2 N–H and O–H groups in total. The number of hydrogen-bond acceptors (Lipinski definition) is 6. The third-order valence-electron chi connectivity index (χ3n) is 3.84. The van der Waals surface area contributed by atoms with E-state index in [1.54, 1.807) is 30.3 Å². The Kier molecular flexibility index (Phi) is 4.71. The lowest BCUT2D eigenvalue weighted by molar-refractivity contribution is -0.255. The number of carboxylic acid groups (broad SMARTS) is 1. The first kappa shape index (κ1) is 17.9. The molecule has 0 aliphatic rings. The van der Waals surface area contributed by atoms with Crippen molar-refractivity contribution < 1.29 is 15.0 Å². The topological polar surface area (TPSA) is 128 Å². The van der Waals surface area contributed by atoms with Gasteiger partial charge in [-0.05, 0) is 36.8 Å². The molecule has 0 radical (unpaired) electrons. The Labute approximate surface area is 152 Å². The number of para-hydroxylation sites is 1. The normalized spacial score (nSPS) is 11.4. The zero-order valence-corrected chi connectivity index (χ0v) is 14.2. The van der Waals surface area contributed by atoms with Gasteiger partial charge in [0.15, 0.2) is 0 Å². The van der Waals surface area contributed by atoms with E-state index in [4.69, 9.17) is 0 Å². The van der Waals surface area contributed by atoms with Gasteiger partial charge in [-0.2, -0.15) is 0 Å². The number of nitrogens with zero attached hydrogens (tertiary/aromatic N) is 2. The van der Waals surface area contributed by atoms with Crippen molar-refractivity contribution in [1.29, 1.82) is 0 Å². The Balaban J connectivity index is 2.17. The highest BCUT2D eigenvalue weighted by Gasteiger charge is 2.17. The van der Waals surface area contributed by atoms with Crippen molar-refractivity contribution in [1.82, 2.24) is 9.55 Å². The molecular formula is C19H14N3O5-. The first-order valence-corrected chi connectivity index (χ1v) is 7.89. The summed E-state index contributed by atoms with van der Waals surface area (Å²) in [7, 11) is 0. The van der Waals surface area contributed by atoms with E-state index in [1.807, 2.05) is 0 Å². The lowest BCUT2D eigenvalue weighted by Gasteiger charge is -2.11. The molecule has 27 heavy (non-hydrogen) atoms. The molecule has 0 spiro atoms. The standard InChI is InChI=1S/C19H15N3O5/c1-11(20-13-7-5-6-12(10-13)18(25)26)15-16(23)21-19(27)22(17(15)24)14-8-3-2-4-9-14/h2-10,24H,1H3,(H,25,26)(H,21,23,27)/p-1. The van der Waals surface area contributed by atoms with E-state index in [9.17, 15) is 24.6 Å². The van der Waals surface area contributed by atoms with Gasteiger partial charge in [-0.15, -0.1) is 0 Å². The number of aromatic nitrogens is 2. The molecule has 0 fully saturated rings. The first-order valence-electron chi connectivity index (χ1n) is 7.89. The van der Waals surface area contributed by atoms with Crippen LogP contribution in [0, 0.1) is 0 Å². The van der Waals surface area contributed by atoms with E-state index >= 15 is 0 Å². The molecule has 3 rings (SSSR count). The number of rotatable bonds is 4. The summed E-state index contributed by atoms with van der Waals surface area (Å²) in [6, 6.07) is 13.9. The summed E-state index contributed by atoms with van der Waals surface area (Å²) in [5.41, 5.74) is -1.14. The van der Waals surface area contributed by atoms with Crippen LogP contribution in [0.5, 0.6) is 5.88 Å². The van der Waals surface area contributed by atoms with E-state index in [0.29, 0.717) is 5.69 Å². The van der Waals surface area contributed by atoms with Gasteiger partial charge in [-0.1, -0.05) is 30.3 Å². The molecular weight excluding hydrogens is 350 g/mol. The predicted molar refractivity (Wildman–Crippen MR) is 97.0 cm³/mol. The van der Waals surface area contributed by atoms with Crippen LogP contribution in [-0.2, 0) is 0 Å². The summed E-state index contributed by atoms with van der Waals surface area (Å²) >= 11 is 0. The summed E-state index contributed by atoms with van der Waals surface area (Å²) in [4.78, 5) is 41.7. The van der Waals surface area contributed by atoms with Crippen LogP contribution < -0.4 is 16.4 Å². The third-order valence-corrected chi connectivity index (χ3v) is 3.84. The van der Waals surface area contributed by atoms with Gasteiger partial charge in [-0.25, -0.2) is 9.36 Å². The second-order valence-electron chi connectivity index (χ2n) is 5.66. The van der Waals surface area contributed by atoms with E-state index < -0.39 is 23.1 Å². The highest BCUT2D eigenvalue weighted by atomic mass is 16.4. The Bertz CT molecular complexity index is 1160. The van der Waals surface area contributed by atoms with Gasteiger partial charge < -0.3 is 15.0 Å². The SMILES string of the molecule is CC(=Nc1cccc(C(=O)[O-])c1)c1c(O)n(-c2ccccc2)c(=O)[nH]c1=O. The van der Waals surface area contributed by atoms with Gasteiger partial charge in [0.2, 0.25) is 5.88 Å². The largest absolute Gasteiger partial charge is 0.545 e. The summed E-state index contributed by atoms with van der Waals surface area (Å²) < 4.78 is 0.952. The average molecular weight is 364 g/mol. The van der Waals surface area contributed by atoms with Gasteiger partial charge in [-0.3, -0.25) is 14.8 Å². The number of carbonyl (C=O) groups excluding carboxylic acids is 1. The number of aromatic carboxylic acids is 1. The fourth-order valence-corrected chi connectivity index (χ4v) is 2.62. The maximum absolute atomic E-state index is 12.2. The van der Waals surface area contributed by atoms with Crippen molar-refractivity contribution in [2.24, 2.45) is 4.99 Å². The molecule has 0 atom stereocenters. The minimum atomic E-state index is -1.36. The van der Waals surface area contributed by atoms with Gasteiger partial charge in [0, 0.05) is 0 Å². The van der Waals surface area contributed by atoms with E-state index in [1.165, 1.54) is 31.2 Å². The van der Waals surface area contributed by atoms with Crippen LogP contribution in [0.1, 0.15) is 22.8 Å². The summed E-state index contributed by atoms with van der Waals surface area (Å²) in [5, 5.41) is 21.5. The van der Waals surface area contributed by atoms with Crippen molar-refractivity contribution in [3.05, 3.63) is 86.6 Å². The Morgan fingerprint density at radius 2 is 1.81 bits per heavy atom. The summed E-state index contributed by atoms with van der Waals surface area (Å²) in [6.07, 6.45) is 0. The molecule has 0 saturated carbocycles. The lowest BCUT2D eigenvalue weighted by atomic mass is 10.1. The van der Waals surface area contributed by atoms with E-state index in [2.05, 4.69) is 9.98 Å². The van der Waals surface area contributed by atoms with Crippen LogP contribution >= 0.6 is 0 Å². The highest BCUT2D eigenvalue weighted by Crippen LogP contribution is 2.20. The van der Waals surface area contributed by atoms with Crippen molar-refractivity contribution in [3.8, 4) is 11.6 Å². The van der Waals surface area contributed by atoms with Gasteiger partial charge in [0.25, 0.3) is 5.56 Å². The zero-order chi connectivity index (χ0) is 19.6. The number of aromatic hydroxyl groups is 1. The van der Waals surface area contributed by atoms with Gasteiger partial charge in [0.05, 0.1) is 23.1 Å². The monoisotopic (exact) mass is 364 g/mol. The number of carbonyl (C=O) groups is 1. The smallest absolute Gasteiger partial charge is 0.335 e. The molecule has 2 aromatic carbocycles. The van der Waals surface area contributed by atoms with Crippen LogP contribution in [-0.4, -0.2) is 26.3 Å². The van der Waals surface area contributed by atoms with Crippen molar-refractivity contribution in [2.75, 3.05) is 0 Å².